The van der Waals surface area contributed by atoms with Gasteiger partial charge in [-0.05, 0) is 82.1 Å². The summed E-state index contributed by atoms with van der Waals surface area (Å²) >= 11 is 15.0. The molecule has 1 aromatic heterocycles. The number of hydrogen-bond donors (Lipinski definition) is 1. The van der Waals surface area contributed by atoms with Gasteiger partial charge in [-0.15, -0.1) is 11.3 Å². The third-order valence-electron chi connectivity index (χ3n) is 9.52. The number of hydrogen-bond acceptors (Lipinski definition) is 8. The van der Waals surface area contributed by atoms with Gasteiger partial charge in [0, 0.05) is 53.1 Å². The first-order valence-corrected chi connectivity index (χ1v) is 18.1. The molecule has 3 aromatic rings. The second kappa shape index (κ2) is 14.7. The summed E-state index contributed by atoms with van der Waals surface area (Å²) in [6, 6.07) is 11.1. The number of ether oxygens (including phenoxy) is 2. The number of ketones is 1. The number of benzene rings is 2. The van der Waals surface area contributed by atoms with Crippen molar-refractivity contribution in [2.75, 3.05) is 38.1 Å². The zero-order valence-electron chi connectivity index (χ0n) is 26.2. The Labute approximate surface area is 284 Å². The van der Waals surface area contributed by atoms with Crippen LogP contribution in [0.15, 0.2) is 41.8 Å². The summed E-state index contributed by atoms with van der Waals surface area (Å²) in [5.74, 6) is -1.81. The van der Waals surface area contributed by atoms with E-state index in [9.17, 15) is 14.4 Å². The van der Waals surface area contributed by atoms with Gasteiger partial charge in [0.25, 0.3) is 5.91 Å². The highest BCUT2D eigenvalue weighted by molar-refractivity contribution is 7.17. The summed E-state index contributed by atoms with van der Waals surface area (Å²) in [7, 11) is 0. The lowest BCUT2D eigenvalue weighted by Gasteiger charge is -2.48. The van der Waals surface area contributed by atoms with Crippen molar-refractivity contribution in [2.24, 2.45) is 5.92 Å². The van der Waals surface area contributed by atoms with E-state index in [2.05, 4.69) is 15.1 Å². The van der Waals surface area contributed by atoms with Crippen LogP contribution in [0.4, 0.5) is 5.69 Å². The number of thiophene rings is 1. The molecule has 3 aliphatic rings. The van der Waals surface area contributed by atoms with E-state index in [4.69, 9.17) is 32.7 Å². The quantitative estimate of drug-likeness (QED) is 0.209. The van der Waals surface area contributed by atoms with E-state index in [1.165, 1.54) is 11.3 Å². The monoisotopic (exact) mass is 685 g/mol. The maximum atomic E-state index is 14.7. The maximum absolute atomic E-state index is 14.7. The Hall–Kier alpha value is -2.53. The highest BCUT2D eigenvalue weighted by atomic mass is 35.5. The van der Waals surface area contributed by atoms with Gasteiger partial charge in [0.2, 0.25) is 5.85 Å². The molecular weight excluding hydrogens is 645 g/mol. The molecule has 1 amide bonds. The minimum Gasteiger partial charge on any atom is -0.466 e. The largest absolute Gasteiger partial charge is 0.466 e. The van der Waals surface area contributed by atoms with Crippen LogP contribution >= 0.6 is 34.5 Å². The Morgan fingerprint density at radius 1 is 0.935 bits per heavy atom. The van der Waals surface area contributed by atoms with E-state index in [1.54, 1.807) is 12.1 Å². The molecular formula is C35H41Cl2N3O5S. The molecule has 246 valence electrons. The number of esters is 1. The molecule has 6 rings (SSSR count). The first kappa shape index (κ1) is 33.4. The van der Waals surface area contributed by atoms with Crippen LogP contribution in [0, 0.1) is 5.92 Å². The molecule has 0 radical (unpaired) electrons. The van der Waals surface area contributed by atoms with Gasteiger partial charge < -0.3 is 14.8 Å². The first-order valence-electron chi connectivity index (χ1n) is 16.4. The van der Waals surface area contributed by atoms with Crippen molar-refractivity contribution in [1.82, 2.24) is 9.80 Å². The number of carbonyl (C=O) groups excluding carboxylic acids is 3. The predicted octanol–water partition coefficient (Wildman–Crippen LogP) is 7.56. The van der Waals surface area contributed by atoms with Crippen molar-refractivity contribution < 1.29 is 23.9 Å². The number of carbonyl (C=O) groups is 3. The van der Waals surface area contributed by atoms with E-state index in [0.29, 0.717) is 59.1 Å². The molecule has 3 fully saturated rings. The molecule has 2 aliphatic heterocycles. The SMILES string of the molecule is CCOC(=O)[C@H]1CC[C@H](OC(C(=O)Cc2cc(Cl)c(NC(=O)c3csc4ccccc34)cc2Cl)(N2CCCC2)N2CCCC2)CC1. The topological polar surface area (TPSA) is 88.2 Å². The third kappa shape index (κ3) is 6.86. The van der Waals surface area contributed by atoms with Crippen LogP contribution in [0.1, 0.15) is 74.2 Å². The fraction of sp³-hybridized carbons (Fsp3) is 0.514. The molecule has 2 saturated heterocycles. The Morgan fingerprint density at radius 3 is 2.24 bits per heavy atom. The van der Waals surface area contributed by atoms with Gasteiger partial charge in [-0.25, -0.2) is 0 Å². The van der Waals surface area contributed by atoms with E-state index in [1.807, 2.05) is 36.6 Å². The molecule has 0 atom stereocenters. The number of Topliss-reactive ketones (excluding diaryl/α,β-unsaturated/α-hetero) is 1. The van der Waals surface area contributed by atoms with E-state index < -0.39 is 5.85 Å². The second-order valence-corrected chi connectivity index (χ2v) is 14.2. The zero-order chi connectivity index (χ0) is 32.3. The van der Waals surface area contributed by atoms with Crippen molar-refractivity contribution in [2.45, 2.75) is 76.7 Å². The number of anilines is 1. The smallest absolute Gasteiger partial charge is 0.308 e. The molecule has 3 heterocycles. The molecule has 2 aromatic carbocycles. The minimum atomic E-state index is -1.21. The summed E-state index contributed by atoms with van der Waals surface area (Å²) in [5.41, 5.74) is 1.55. The summed E-state index contributed by atoms with van der Waals surface area (Å²) in [5, 5.41) is 6.29. The van der Waals surface area contributed by atoms with Gasteiger partial charge in [-0.2, -0.15) is 0 Å². The summed E-state index contributed by atoms with van der Waals surface area (Å²) < 4.78 is 13.3. The maximum Gasteiger partial charge on any atom is 0.308 e. The van der Waals surface area contributed by atoms with Crippen molar-refractivity contribution in [3.8, 4) is 0 Å². The van der Waals surface area contributed by atoms with Gasteiger partial charge in [0.15, 0.2) is 5.78 Å². The van der Waals surface area contributed by atoms with E-state index in [0.717, 1.165) is 61.9 Å². The van der Waals surface area contributed by atoms with Gasteiger partial charge in [-0.1, -0.05) is 41.4 Å². The Balaban J connectivity index is 1.23. The Kier molecular flexibility index (Phi) is 10.7. The number of halogens is 2. The average molecular weight is 687 g/mol. The molecule has 46 heavy (non-hydrogen) atoms. The number of amides is 1. The zero-order valence-corrected chi connectivity index (χ0v) is 28.5. The number of rotatable bonds is 11. The first-order chi connectivity index (χ1) is 22.3. The van der Waals surface area contributed by atoms with Crippen LogP contribution in [0.2, 0.25) is 10.0 Å². The molecule has 0 bridgehead atoms. The number of likely N-dealkylation sites (tertiary alicyclic amines) is 2. The van der Waals surface area contributed by atoms with Gasteiger partial charge in [0.1, 0.15) is 0 Å². The standard InChI is InChI=1S/C35H41Cl2N3O5S/c1-2-44-34(43)23-11-13-25(14-12-23)45-35(39-15-5-6-16-39,40-17-7-8-18-40)32(41)20-24-19-29(37)30(21-28(24)36)38-33(42)27-22-46-31-10-4-3-9-26(27)31/h3-4,9-10,19,21-23,25H,2,5-8,11-18,20H2,1H3,(H,38,42)/t23-,25-. The molecule has 0 unspecified atom stereocenters. The van der Waals surface area contributed by atoms with Crippen molar-refractivity contribution in [1.29, 1.82) is 0 Å². The van der Waals surface area contributed by atoms with Crippen LogP contribution in [0.3, 0.4) is 0 Å². The summed E-state index contributed by atoms with van der Waals surface area (Å²) in [6.45, 7) is 5.31. The van der Waals surface area contributed by atoms with Gasteiger partial charge in [-0.3, -0.25) is 24.2 Å². The Morgan fingerprint density at radius 2 is 1.59 bits per heavy atom. The van der Waals surface area contributed by atoms with Gasteiger partial charge in [0.05, 0.1) is 34.9 Å². The average Bonchev–Trinajstić information content (AvgIpc) is 3.86. The van der Waals surface area contributed by atoms with Crippen LogP contribution in [0.5, 0.6) is 0 Å². The van der Waals surface area contributed by atoms with Crippen LogP contribution < -0.4 is 5.32 Å². The van der Waals surface area contributed by atoms with Crippen molar-refractivity contribution in [3.63, 3.8) is 0 Å². The summed E-state index contributed by atoms with van der Waals surface area (Å²) in [4.78, 5) is 44.7. The van der Waals surface area contributed by atoms with Crippen molar-refractivity contribution >= 4 is 68.0 Å². The number of nitrogens with one attached hydrogen (secondary N) is 1. The predicted molar refractivity (Wildman–Crippen MR) is 183 cm³/mol. The van der Waals surface area contributed by atoms with Gasteiger partial charge >= 0.3 is 5.97 Å². The molecule has 1 N–H and O–H groups in total. The second-order valence-electron chi connectivity index (χ2n) is 12.5. The number of nitrogens with zero attached hydrogens (tertiary/aromatic N) is 2. The fourth-order valence-corrected chi connectivity index (χ4v) is 8.57. The normalized spacial score (nSPS) is 21.1. The lowest BCUT2D eigenvalue weighted by Crippen LogP contribution is -2.67. The molecule has 1 aliphatic carbocycles. The molecule has 11 heteroatoms. The Bertz CT molecular complexity index is 1560. The van der Waals surface area contributed by atoms with E-state index >= 15 is 0 Å². The van der Waals surface area contributed by atoms with Crippen LogP contribution in [-0.4, -0.2) is 72.2 Å². The van der Waals surface area contributed by atoms with E-state index in [-0.39, 0.29) is 36.1 Å². The highest BCUT2D eigenvalue weighted by Crippen LogP contribution is 2.39. The van der Waals surface area contributed by atoms with Crippen molar-refractivity contribution in [3.05, 3.63) is 63.0 Å². The molecule has 1 saturated carbocycles. The third-order valence-corrected chi connectivity index (χ3v) is 11.1. The number of fused-ring (bicyclic) bond motifs is 1. The summed E-state index contributed by atoms with van der Waals surface area (Å²) in [6.07, 6.45) is 6.65. The highest BCUT2D eigenvalue weighted by Gasteiger charge is 2.53. The lowest BCUT2D eigenvalue weighted by molar-refractivity contribution is -0.252. The molecule has 0 spiro atoms. The van der Waals surface area contributed by atoms with Crippen LogP contribution in [-0.2, 0) is 25.5 Å². The fourth-order valence-electron chi connectivity index (χ4n) is 7.17. The molecule has 8 nitrogen and oxygen atoms in total. The minimum absolute atomic E-state index is 0.0348. The van der Waals surface area contributed by atoms with Crippen LogP contribution in [0.25, 0.3) is 10.1 Å². The lowest BCUT2D eigenvalue weighted by atomic mass is 9.87.